The first-order valence-electron chi connectivity index (χ1n) is 6.46. The number of H-pyrrole nitrogens is 1. The van der Waals surface area contributed by atoms with Crippen molar-refractivity contribution in [3.63, 3.8) is 0 Å². The first kappa shape index (κ1) is 12.5. The Morgan fingerprint density at radius 1 is 1.25 bits per heavy atom. The van der Waals surface area contributed by atoms with E-state index in [0.29, 0.717) is 19.6 Å². The number of benzene rings is 1. The zero-order valence-electron chi connectivity index (χ0n) is 11.2. The fraction of sp³-hybridized carbons (Fsp3) is 0.286. The molecule has 0 unspecified atom stereocenters. The summed E-state index contributed by atoms with van der Waals surface area (Å²) < 4.78 is 5.13. The lowest BCUT2D eigenvalue weighted by molar-refractivity contribution is 0.218. The number of anilines is 1. The highest BCUT2D eigenvalue weighted by atomic mass is 16.5. The second-order valence-electron chi connectivity index (χ2n) is 4.65. The minimum Gasteiger partial charge on any atom is -0.497 e. The molecule has 6 heteroatoms. The van der Waals surface area contributed by atoms with Crippen LogP contribution >= 0.6 is 0 Å². The largest absolute Gasteiger partial charge is 0.497 e. The third-order valence-corrected chi connectivity index (χ3v) is 3.40. The number of ether oxygens (including phenoxy) is 1. The number of nitrogens with zero attached hydrogens (tertiary/aromatic N) is 3. The van der Waals surface area contributed by atoms with Gasteiger partial charge in [-0.15, -0.1) is 0 Å². The molecule has 6 nitrogen and oxygen atoms in total. The van der Waals surface area contributed by atoms with Crippen LogP contribution in [0.15, 0.2) is 36.5 Å². The molecular formula is C14H16N4O2. The number of carbonyl (C=O) groups excluding carboxylic acids is 1. The summed E-state index contributed by atoms with van der Waals surface area (Å²) in [6.07, 6.45) is 1.65. The second-order valence-corrected chi connectivity index (χ2v) is 4.65. The number of urea groups is 1. The number of aromatic nitrogens is 2. The maximum Gasteiger partial charge on any atom is 0.326 e. The molecular weight excluding hydrogens is 256 g/mol. The van der Waals surface area contributed by atoms with Crippen LogP contribution in [-0.4, -0.2) is 41.3 Å². The molecule has 1 fully saturated rings. The first-order valence-corrected chi connectivity index (χ1v) is 6.46. The van der Waals surface area contributed by atoms with Gasteiger partial charge in [-0.25, -0.2) is 4.79 Å². The Morgan fingerprint density at radius 3 is 2.70 bits per heavy atom. The van der Waals surface area contributed by atoms with Gasteiger partial charge in [0.05, 0.1) is 13.3 Å². The molecule has 104 valence electrons. The van der Waals surface area contributed by atoms with Crippen LogP contribution in [0.5, 0.6) is 5.75 Å². The lowest BCUT2D eigenvalue weighted by atomic mass is 10.2. The van der Waals surface area contributed by atoms with E-state index in [0.717, 1.165) is 17.1 Å². The van der Waals surface area contributed by atoms with Crippen molar-refractivity contribution in [2.75, 3.05) is 25.1 Å². The number of amides is 2. The van der Waals surface area contributed by atoms with Gasteiger partial charge >= 0.3 is 6.03 Å². The monoisotopic (exact) mass is 272 g/mol. The Kier molecular flexibility index (Phi) is 3.28. The van der Waals surface area contributed by atoms with Gasteiger partial charge in [-0.05, 0) is 17.7 Å². The fourth-order valence-corrected chi connectivity index (χ4v) is 2.30. The number of rotatable bonds is 4. The maximum absolute atomic E-state index is 12.3. The Bertz CT molecular complexity index is 580. The lowest BCUT2D eigenvalue weighted by Gasteiger charge is -2.17. The topological polar surface area (TPSA) is 61.5 Å². The van der Waals surface area contributed by atoms with Crippen molar-refractivity contribution in [3.8, 4) is 5.75 Å². The molecule has 0 aliphatic carbocycles. The maximum atomic E-state index is 12.3. The highest BCUT2D eigenvalue weighted by molar-refractivity contribution is 5.93. The lowest BCUT2D eigenvalue weighted by Crippen LogP contribution is -2.31. The summed E-state index contributed by atoms with van der Waals surface area (Å²) >= 11 is 0. The van der Waals surface area contributed by atoms with Gasteiger partial charge < -0.3 is 9.64 Å². The predicted molar refractivity (Wildman–Crippen MR) is 74.7 cm³/mol. The van der Waals surface area contributed by atoms with Gasteiger partial charge in [0.15, 0.2) is 0 Å². The van der Waals surface area contributed by atoms with E-state index in [9.17, 15) is 4.79 Å². The van der Waals surface area contributed by atoms with Crippen LogP contribution in [0.2, 0.25) is 0 Å². The van der Waals surface area contributed by atoms with Crippen LogP contribution in [-0.2, 0) is 6.54 Å². The molecule has 1 aromatic carbocycles. The van der Waals surface area contributed by atoms with Crippen molar-refractivity contribution < 1.29 is 9.53 Å². The molecule has 2 heterocycles. The Labute approximate surface area is 116 Å². The van der Waals surface area contributed by atoms with Crippen molar-refractivity contribution in [2.45, 2.75) is 6.54 Å². The van der Waals surface area contributed by atoms with E-state index in [1.54, 1.807) is 24.3 Å². The number of nitrogens with one attached hydrogen (secondary N) is 1. The van der Waals surface area contributed by atoms with Gasteiger partial charge in [0.1, 0.15) is 11.6 Å². The average Bonchev–Trinajstić information content (AvgIpc) is 3.11. The fourth-order valence-electron chi connectivity index (χ4n) is 2.30. The molecule has 1 aromatic heterocycles. The van der Waals surface area contributed by atoms with Crippen molar-refractivity contribution in [1.82, 2.24) is 15.1 Å². The molecule has 2 amide bonds. The molecule has 1 saturated heterocycles. The van der Waals surface area contributed by atoms with Crippen LogP contribution in [0.3, 0.4) is 0 Å². The Balaban J connectivity index is 1.68. The molecule has 0 saturated carbocycles. The van der Waals surface area contributed by atoms with Crippen molar-refractivity contribution >= 4 is 11.8 Å². The summed E-state index contributed by atoms with van der Waals surface area (Å²) in [7, 11) is 1.64. The zero-order valence-corrected chi connectivity index (χ0v) is 11.2. The summed E-state index contributed by atoms with van der Waals surface area (Å²) in [4.78, 5) is 15.8. The van der Waals surface area contributed by atoms with Gasteiger partial charge in [-0.1, -0.05) is 12.1 Å². The third kappa shape index (κ3) is 2.32. The van der Waals surface area contributed by atoms with Crippen molar-refractivity contribution in [3.05, 3.63) is 42.1 Å². The summed E-state index contributed by atoms with van der Waals surface area (Å²) in [5.74, 6) is 1.56. The van der Waals surface area contributed by atoms with E-state index in [4.69, 9.17) is 4.74 Å². The van der Waals surface area contributed by atoms with Crippen molar-refractivity contribution in [2.24, 2.45) is 0 Å². The van der Waals surface area contributed by atoms with Crippen LogP contribution < -0.4 is 9.64 Å². The molecule has 1 N–H and O–H groups in total. The number of aromatic amines is 1. The van der Waals surface area contributed by atoms with Gasteiger partial charge in [0.25, 0.3) is 0 Å². The summed E-state index contributed by atoms with van der Waals surface area (Å²) in [6.45, 7) is 1.99. The molecule has 2 aromatic rings. The number of methoxy groups -OCH3 is 1. The van der Waals surface area contributed by atoms with E-state index < -0.39 is 0 Å². The molecule has 0 bridgehead atoms. The number of hydrogen-bond donors (Lipinski definition) is 1. The van der Waals surface area contributed by atoms with Gasteiger partial charge in [-0.2, -0.15) is 5.10 Å². The SMILES string of the molecule is COc1ccc(CN2CCN(c3ccn[nH]3)C2=O)cc1. The standard InChI is InChI=1S/C14H16N4O2/c1-20-12-4-2-11(3-5-12)10-17-8-9-18(14(17)19)13-6-7-15-16-13/h2-7H,8-10H2,1H3,(H,15,16). The molecule has 20 heavy (non-hydrogen) atoms. The molecule has 0 spiro atoms. The first-order chi connectivity index (χ1) is 9.78. The van der Waals surface area contributed by atoms with E-state index in [2.05, 4.69) is 10.2 Å². The van der Waals surface area contributed by atoms with E-state index in [1.165, 1.54) is 0 Å². The van der Waals surface area contributed by atoms with Crippen LogP contribution in [0.25, 0.3) is 0 Å². The summed E-state index contributed by atoms with van der Waals surface area (Å²) in [6, 6.07) is 9.57. The highest BCUT2D eigenvalue weighted by Gasteiger charge is 2.30. The van der Waals surface area contributed by atoms with Crippen LogP contribution in [0, 0.1) is 0 Å². The minimum atomic E-state index is 0.00469. The van der Waals surface area contributed by atoms with Gasteiger partial charge in [0.2, 0.25) is 0 Å². The third-order valence-electron chi connectivity index (χ3n) is 3.40. The smallest absolute Gasteiger partial charge is 0.326 e. The quantitative estimate of drug-likeness (QED) is 0.924. The van der Waals surface area contributed by atoms with Gasteiger partial charge in [0, 0.05) is 25.7 Å². The summed E-state index contributed by atoms with van der Waals surface area (Å²) in [5.41, 5.74) is 1.09. The second kappa shape index (κ2) is 5.24. The van der Waals surface area contributed by atoms with Crippen molar-refractivity contribution in [1.29, 1.82) is 0 Å². The molecule has 1 aliphatic heterocycles. The average molecular weight is 272 g/mol. The Hall–Kier alpha value is -2.50. The normalized spacial score (nSPS) is 14.9. The van der Waals surface area contributed by atoms with E-state index >= 15 is 0 Å². The summed E-state index contributed by atoms with van der Waals surface area (Å²) in [5, 5.41) is 6.70. The number of hydrogen-bond acceptors (Lipinski definition) is 3. The zero-order chi connectivity index (χ0) is 13.9. The van der Waals surface area contributed by atoms with E-state index in [1.807, 2.05) is 29.2 Å². The van der Waals surface area contributed by atoms with Crippen LogP contribution in [0.4, 0.5) is 10.6 Å². The molecule has 0 radical (unpaired) electrons. The van der Waals surface area contributed by atoms with Gasteiger partial charge in [-0.3, -0.25) is 10.00 Å². The van der Waals surface area contributed by atoms with E-state index in [-0.39, 0.29) is 6.03 Å². The number of carbonyl (C=O) groups is 1. The molecule has 0 atom stereocenters. The molecule has 3 rings (SSSR count). The molecule has 1 aliphatic rings. The van der Waals surface area contributed by atoms with Crippen LogP contribution in [0.1, 0.15) is 5.56 Å². The Morgan fingerprint density at radius 2 is 2.05 bits per heavy atom. The predicted octanol–water partition coefficient (Wildman–Crippen LogP) is 1.86. The minimum absolute atomic E-state index is 0.00469. The highest BCUT2D eigenvalue weighted by Crippen LogP contribution is 2.20.